The quantitative estimate of drug-likeness (QED) is 0.576. The van der Waals surface area contributed by atoms with Crippen LogP contribution in [0.1, 0.15) is 22.1 Å². The molecule has 0 saturated heterocycles. The number of hydrogen-bond acceptors (Lipinski definition) is 2. The first-order valence-corrected chi connectivity index (χ1v) is 10.7. The molecule has 3 aromatic carbocycles. The molecular weight excluding hydrogens is 378 g/mol. The highest BCUT2D eigenvalue weighted by atomic mass is 35.5. The van der Waals surface area contributed by atoms with Crippen LogP contribution in [0, 0.1) is 6.92 Å². The van der Waals surface area contributed by atoms with Crippen LogP contribution in [-0.4, -0.2) is 14.5 Å². The summed E-state index contributed by atoms with van der Waals surface area (Å²) in [7, 11) is -3.68. The molecule has 1 N–H and O–H groups in total. The van der Waals surface area contributed by atoms with Gasteiger partial charge in [0.1, 0.15) is 0 Å². The van der Waals surface area contributed by atoms with Crippen molar-refractivity contribution in [2.45, 2.75) is 29.7 Å². The van der Waals surface area contributed by atoms with Gasteiger partial charge in [0.05, 0.1) is 10.3 Å². The first kappa shape index (κ1) is 19.6. The summed E-state index contributed by atoms with van der Waals surface area (Å²) in [4.78, 5) is 0.239. The van der Waals surface area contributed by atoms with E-state index in [2.05, 4.69) is 4.72 Å². The molecule has 0 bridgehead atoms. The fourth-order valence-electron chi connectivity index (χ4n) is 2.93. The van der Waals surface area contributed by atoms with Crippen LogP contribution in [0.4, 0.5) is 0 Å². The van der Waals surface area contributed by atoms with E-state index in [1.165, 1.54) is 0 Å². The molecule has 0 fully saturated rings. The summed E-state index contributed by atoms with van der Waals surface area (Å²) in [5.41, 5.74) is 2.91. The molecule has 27 heavy (non-hydrogen) atoms. The lowest BCUT2D eigenvalue weighted by Crippen LogP contribution is -2.39. The highest BCUT2D eigenvalue weighted by molar-refractivity contribution is 7.89. The van der Waals surface area contributed by atoms with Crippen LogP contribution in [0.5, 0.6) is 0 Å². The molecule has 0 aromatic heterocycles. The number of aryl methyl sites for hydroxylation is 1. The van der Waals surface area contributed by atoms with Gasteiger partial charge in [0.2, 0.25) is 10.0 Å². The minimum absolute atomic E-state index is 0.239. The molecule has 0 saturated carbocycles. The lowest BCUT2D eigenvalue weighted by atomic mass is 9.99. The van der Waals surface area contributed by atoms with E-state index in [1.54, 1.807) is 24.3 Å². The molecule has 3 rings (SSSR count). The van der Waals surface area contributed by atoms with Crippen LogP contribution in [0.2, 0.25) is 0 Å². The number of rotatable bonds is 7. The number of alkyl halides is 1. The van der Waals surface area contributed by atoms with E-state index in [9.17, 15) is 8.42 Å². The Morgan fingerprint density at radius 1 is 0.852 bits per heavy atom. The van der Waals surface area contributed by atoms with Crippen LogP contribution in [0.25, 0.3) is 0 Å². The minimum atomic E-state index is -3.68. The van der Waals surface area contributed by atoms with Crippen molar-refractivity contribution >= 4 is 21.6 Å². The van der Waals surface area contributed by atoms with Crippen molar-refractivity contribution < 1.29 is 8.42 Å². The highest BCUT2D eigenvalue weighted by Gasteiger charge is 2.27. The van der Waals surface area contributed by atoms with E-state index in [1.807, 2.05) is 67.6 Å². The van der Waals surface area contributed by atoms with E-state index in [0.29, 0.717) is 6.42 Å². The molecule has 0 aliphatic heterocycles. The van der Waals surface area contributed by atoms with Crippen molar-refractivity contribution in [2.75, 3.05) is 0 Å². The second-order valence-corrected chi connectivity index (χ2v) is 8.73. The lowest BCUT2D eigenvalue weighted by Gasteiger charge is -2.24. The zero-order valence-electron chi connectivity index (χ0n) is 15.0. The van der Waals surface area contributed by atoms with Crippen LogP contribution in [-0.2, 0) is 16.4 Å². The first-order valence-electron chi connectivity index (χ1n) is 8.78. The zero-order chi connectivity index (χ0) is 19.3. The Labute approximate surface area is 166 Å². The monoisotopic (exact) mass is 399 g/mol. The van der Waals surface area contributed by atoms with Gasteiger partial charge in [0.25, 0.3) is 0 Å². The fraction of sp³-hybridized carbons (Fsp3) is 0.182. The van der Waals surface area contributed by atoms with Crippen molar-refractivity contribution in [3.8, 4) is 0 Å². The molecule has 0 spiro atoms. The summed E-state index contributed by atoms with van der Waals surface area (Å²) < 4.78 is 28.6. The van der Waals surface area contributed by atoms with Gasteiger partial charge in [0, 0.05) is 6.04 Å². The third-order valence-electron chi connectivity index (χ3n) is 4.41. The predicted molar refractivity (Wildman–Crippen MR) is 110 cm³/mol. The number of nitrogens with one attached hydrogen (secondary N) is 1. The van der Waals surface area contributed by atoms with Crippen LogP contribution in [0.15, 0.2) is 89.8 Å². The molecular formula is C22H22ClNO2S. The Kier molecular flexibility index (Phi) is 6.32. The summed E-state index contributed by atoms with van der Waals surface area (Å²) >= 11 is 6.71. The van der Waals surface area contributed by atoms with Gasteiger partial charge in [-0.1, -0.05) is 78.4 Å². The van der Waals surface area contributed by atoms with Gasteiger partial charge in [-0.05, 0) is 36.6 Å². The standard InChI is InChI=1S/C22H22ClNO2S/c1-17-12-14-20(15-13-17)27(25,26)24-21(16-18-8-4-2-5-9-18)22(23)19-10-6-3-7-11-19/h2-15,21-22,24H,16H2,1H3/t21-,22+/m1/s1. The van der Waals surface area contributed by atoms with Gasteiger partial charge in [0.15, 0.2) is 0 Å². The van der Waals surface area contributed by atoms with Gasteiger partial charge < -0.3 is 0 Å². The maximum absolute atomic E-state index is 12.9. The van der Waals surface area contributed by atoms with Crippen LogP contribution < -0.4 is 4.72 Å². The van der Waals surface area contributed by atoms with Gasteiger partial charge in [-0.15, -0.1) is 11.6 Å². The number of hydrogen-bond donors (Lipinski definition) is 1. The molecule has 140 valence electrons. The summed E-state index contributed by atoms with van der Waals surface area (Å²) in [5.74, 6) is 0. The Morgan fingerprint density at radius 3 is 2.00 bits per heavy atom. The SMILES string of the molecule is Cc1ccc(S(=O)(=O)N[C@H](Cc2ccccc2)[C@@H](Cl)c2ccccc2)cc1. The predicted octanol–water partition coefficient (Wildman–Crippen LogP) is 4.86. The summed E-state index contributed by atoms with van der Waals surface area (Å²) in [6.45, 7) is 1.92. The zero-order valence-corrected chi connectivity index (χ0v) is 16.6. The molecule has 0 unspecified atom stereocenters. The average molecular weight is 400 g/mol. The number of benzene rings is 3. The summed E-state index contributed by atoms with van der Waals surface area (Å²) in [6.07, 6.45) is 0.495. The second kappa shape index (κ2) is 8.70. The largest absolute Gasteiger partial charge is 0.240 e. The Hall–Kier alpha value is -2.14. The van der Waals surface area contributed by atoms with Gasteiger partial charge in [-0.3, -0.25) is 0 Å². The third kappa shape index (κ3) is 5.19. The lowest BCUT2D eigenvalue weighted by molar-refractivity contribution is 0.536. The number of sulfonamides is 1. The van der Waals surface area contributed by atoms with Crippen LogP contribution >= 0.6 is 11.6 Å². The second-order valence-electron chi connectivity index (χ2n) is 6.54. The van der Waals surface area contributed by atoms with E-state index >= 15 is 0 Å². The van der Waals surface area contributed by atoms with Crippen molar-refractivity contribution in [3.63, 3.8) is 0 Å². The normalized spacial score (nSPS) is 13.9. The topological polar surface area (TPSA) is 46.2 Å². The minimum Gasteiger partial charge on any atom is -0.207 e. The molecule has 5 heteroatoms. The molecule has 2 atom stereocenters. The van der Waals surface area contributed by atoms with Gasteiger partial charge in [-0.2, -0.15) is 0 Å². The van der Waals surface area contributed by atoms with Crippen molar-refractivity contribution in [1.29, 1.82) is 0 Å². The highest BCUT2D eigenvalue weighted by Crippen LogP contribution is 2.28. The van der Waals surface area contributed by atoms with Gasteiger partial charge >= 0.3 is 0 Å². The molecule has 3 nitrogen and oxygen atoms in total. The average Bonchev–Trinajstić information content (AvgIpc) is 2.68. The van der Waals surface area contributed by atoms with Crippen LogP contribution in [0.3, 0.4) is 0 Å². The molecule has 0 aliphatic rings. The Morgan fingerprint density at radius 2 is 1.41 bits per heavy atom. The van der Waals surface area contributed by atoms with Crippen molar-refractivity contribution in [2.24, 2.45) is 0 Å². The van der Waals surface area contributed by atoms with Gasteiger partial charge in [-0.25, -0.2) is 13.1 Å². The smallest absolute Gasteiger partial charge is 0.207 e. The first-order chi connectivity index (χ1) is 13.0. The molecule has 0 aliphatic carbocycles. The van der Waals surface area contributed by atoms with Crippen molar-refractivity contribution in [1.82, 2.24) is 4.72 Å². The maximum atomic E-state index is 12.9. The molecule has 0 amide bonds. The summed E-state index contributed by atoms with van der Waals surface area (Å²) in [5, 5.41) is -0.494. The fourth-order valence-corrected chi connectivity index (χ4v) is 4.55. The van der Waals surface area contributed by atoms with E-state index in [-0.39, 0.29) is 4.90 Å². The Balaban J connectivity index is 1.90. The Bertz CT molecular complexity index is 958. The van der Waals surface area contributed by atoms with Crippen molar-refractivity contribution in [3.05, 3.63) is 102 Å². The maximum Gasteiger partial charge on any atom is 0.240 e. The molecule has 0 radical (unpaired) electrons. The van der Waals surface area contributed by atoms with E-state index in [0.717, 1.165) is 16.7 Å². The summed E-state index contributed by atoms with van der Waals surface area (Å²) in [6, 6.07) is 25.6. The third-order valence-corrected chi connectivity index (χ3v) is 6.47. The number of halogens is 1. The molecule has 3 aromatic rings. The molecule has 0 heterocycles. The van der Waals surface area contributed by atoms with E-state index in [4.69, 9.17) is 11.6 Å². The van der Waals surface area contributed by atoms with E-state index < -0.39 is 21.4 Å².